The van der Waals surface area contributed by atoms with E-state index in [1.54, 1.807) is 12.3 Å². The van der Waals surface area contributed by atoms with Crippen LogP contribution in [0.3, 0.4) is 0 Å². The minimum absolute atomic E-state index is 0.0512. The quantitative estimate of drug-likeness (QED) is 0.862. The fourth-order valence-corrected chi connectivity index (χ4v) is 2.28. The van der Waals surface area contributed by atoms with Gasteiger partial charge < -0.3 is 5.32 Å². The monoisotopic (exact) mass is 325 g/mol. The number of aromatic nitrogens is 1. The second kappa shape index (κ2) is 5.69. The van der Waals surface area contributed by atoms with E-state index in [1.807, 2.05) is 19.9 Å². The molecule has 5 nitrogen and oxygen atoms in total. The molecule has 1 fully saturated rings. The molecule has 2 amide bonds. The predicted octanol–water partition coefficient (Wildman–Crippen LogP) is 2.18. The summed E-state index contributed by atoms with van der Waals surface area (Å²) in [5.41, 5.74) is 0. The molecule has 1 aromatic heterocycles. The second-order valence-electron chi connectivity index (χ2n) is 4.62. The number of halogens is 1. The fraction of sp³-hybridized carbons (Fsp3) is 0.462. The molecular formula is C13H16BrN3O2. The largest absolute Gasteiger partial charge is 0.358 e. The number of carbonyl (C=O) groups is 2. The highest BCUT2D eigenvalue weighted by molar-refractivity contribution is 9.10. The van der Waals surface area contributed by atoms with Gasteiger partial charge in [0.2, 0.25) is 5.91 Å². The van der Waals surface area contributed by atoms with Crippen LogP contribution in [0.25, 0.3) is 0 Å². The van der Waals surface area contributed by atoms with Crippen LogP contribution in [-0.2, 0) is 9.59 Å². The number of hydrogen-bond acceptors (Lipinski definition) is 4. The van der Waals surface area contributed by atoms with Crippen molar-refractivity contribution >= 4 is 33.6 Å². The van der Waals surface area contributed by atoms with Crippen molar-refractivity contribution in [3.05, 3.63) is 22.8 Å². The lowest BCUT2D eigenvalue weighted by molar-refractivity contribution is -0.140. The number of carbonyl (C=O) groups excluding carboxylic acids is 2. The predicted molar refractivity (Wildman–Crippen MR) is 75.6 cm³/mol. The number of likely N-dealkylation sites (tertiary alicyclic amines) is 1. The normalized spacial score (nSPS) is 20.8. The minimum atomic E-state index is -0.504. The van der Waals surface area contributed by atoms with Crippen molar-refractivity contribution in [2.45, 2.75) is 38.8 Å². The van der Waals surface area contributed by atoms with Crippen molar-refractivity contribution in [3.63, 3.8) is 0 Å². The maximum Gasteiger partial charge on any atom is 0.252 e. The van der Waals surface area contributed by atoms with E-state index in [4.69, 9.17) is 0 Å². The van der Waals surface area contributed by atoms with E-state index in [0.29, 0.717) is 5.82 Å². The molecule has 0 spiro atoms. The lowest BCUT2D eigenvalue weighted by atomic mass is 10.2. The van der Waals surface area contributed by atoms with Gasteiger partial charge in [-0.1, -0.05) is 6.92 Å². The molecule has 0 aliphatic carbocycles. The van der Waals surface area contributed by atoms with Crippen LogP contribution in [-0.4, -0.2) is 33.8 Å². The van der Waals surface area contributed by atoms with E-state index in [-0.39, 0.29) is 24.3 Å². The minimum Gasteiger partial charge on any atom is -0.358 e. The summed E-state index contributed by atoms with van der Waals surface area (Å²) in [5.74, 6) is 0.318. The highest BCUT2D eigenvalue weighted by atomic mass is 79.9. The molecule has 1 N–H and O–H groups in total. The third-order valence-electron chi connectivity index (χ3n) is 3.26. The molecule has 1 saturated heterocycles. The number of imide groups is 1. The van der Waals surface area contributed by atoms with Gasteiger partial charge in [0.15, 0.2) is 0 Å². The van der Waals surface area contributed by atoms with Gasteiger partial charge in [-0.3, -0.25) is 14.5 Å². The first-order valence-corrected chi connectivity index (χ1v) is 7.06. The van der Waals surface area contributed by atoms with Crippen molar-refractivity contribution in [2.75, 3.05) is 5.32 Å². The molecule has 102 valence electrons. The van der Waals surface area contributed by atoms with Gasteiger partial charge in [-0.2, -0.15) is 0 Å². The number of rotatable bonds is 4. The topological polar surface area (TPSA) is 62.3 Å². The Morgan fingerprint density at radius 2 is 2.26 bits per heavy atom. The lowest BCUT2D eigenvalue weighted by Crippen LogP contribution is -2.40. The van der Waals surface area contributed by atoms with Gasteiger partial charge in [0.1, 0.15) is 11.9 Å². The molecule has 19 heavy (non-hydrogen) atoms. The maximum absolute atomic E-state index is 12.2. The van der Waals surface area contributed by atoms with Crippen LogP contribution in [0, 0.1) is 0 Å². The number of hydrogen-bond donors (Lipinski definition) is 1. The molecule has 0 bridgehead atoms. The average Bonchev–Trinajstić information content (AvgIpc) is 2.66. The van der Waals surface area contributed by atoms with Crippen LogP contribution in [0.2, 0.25) is 0 Å². The number of amides is 2. The molecular weight excluding hydrogens is 310 g/mol. The van der Waals surface area contributed by atoms with Crippen LogP contribution in [0.1, 0.15) is 26.7 Å². The van der Waals surface area contributed by atoms with Crippen LogP contribution >= 0.6 is 15.9 Å². The zero-order chi connectivity index (χ0) is 14.0. The summed E-state index contributed by atoms with van der Waals surface area (Å²) >= 11 is 3.30. The Morgan fingerprint density at radius 1 is 1.53 bits per heavy atom. The van der Waals surface area contributed by atoms with Gasteiger partial charge in [0.25, 0.3) is 5.91 Å². The fourth-order valence-electron chi connectivity index (χ4n) is 2.05. The summed E-state index contributed by atoms with van der Waals surface area (Å²) in [7, 11) is 0. The van der Waals surface area contributed by atoms with Gasteiger partial charge in [-0.25, -0.2) is 4.98 Å². The van der Waals surface area contributed by atoms with E-state index in [1.165, 1.54) is 4.90 Å². The summed E-state index contributed by atoms with van der Waals surface area (Å²) in [6.07, 6.45) is 2.61. The van der Waals surface area contributed by atoms with Crippen LogP contribution in [0.5, 0.6) is 0 Å². The molecule has 6 heteroatoms. The zero-order valence-corrected chi connectivity index (χ0v) is 12.5. The molecule has 1 aliphatic rings. The first-order valence-electron chi connectivity index (χ1n) is 6.27. The van der Waals surface area contributed by atoms with Gasteiger partial charge in [-0.15, -0.1) is 0 Å². The Kier molecular flexibility index (Phi) is 4.19. The van der Waals surface area contributed by atoms with Crippen molar-refractivity contribution in [3.8, 4) is 0 Å². The lowest BCUT2D eigenvalue weighted by Gasteiger charge is -2.21. The van der Waals surface area contributed by atoms with E-state index >= 15 is 0 Å². The van der Waals surface area contributed by atoms with Gasteiger partial charge >= 0.3 is 0 Å². The maximum atomic E-state index is 12.2. The first-order chi connectivity index (χ1) is 9.02. The Hall–Kier alpha value is -1.43. The number of anilines is 1. The zero-order valence-electron chi connectivity index (χ0n) is 10.9. The van der Waals surface area contributed by atoms with Crippen molar-refractivity contribution < 1.29 is 9.59 Å². The van der Waals surface area contributed by atoms with Crippen molar-refractivity contribution in [1.29, 1.82) is 0 Å². The molecule has 2 unspecified atom stereocenters. The van der Waals surface area contributed by atoms with Gasteiger partial charge in [0, 0.05) is 16.7 Å². The molecule has 1 aromatic rings. The second-order valence-corrected chi connectivity index (χ2v) is 5.54. The summed E-state index contributed by atoms with van der Waals surface area (Å²) in [6.45, 7) is 3.85. The highest BCUT2D eigenvalue weighted by Crippen LogP contribution is 2.21. The van der Waals surface area contributed by atoms with E-state index in [0.717, 1.165) is 10.9 Å². The number of nitrogens with one attached hydrogen (secondary N) is 1. The average molecular weight is 326 g/mol. The van der Waals surface area contributed by atoms with Crippen LogP contribution < -0.4 is 5.32 Å². The Balaban J connectivity index is 2.09. The van der Waals surface area contributed by atoms with Crippen molar-refractivity contribution in [2.24, 2.45) is 0 Å². The molecule has 2 heterocycles. The Bertz CT molecular complexity index is 489. The van der Waals surface area contributed by atoms with E-state index < -0.39 is 6.04 Å². The smallest absolute Gasteiger partial charge is 0.252 e. The van der Waals surface area contributed by atoms with E-state index in [9.17, 15) is 9.59 Å². The van der Waals surface area contributed by atoms with Crippen molar-refractivity contribution in [1.82, 2.24) is 9.88 Å². The molecule has 1 aliphatic heterocycles. The standard InChI is InChI=1S/C13H16BrN3O2/c1-3-8(2)17-12(18)6-10(13(17)19)16-11-5-4-9(14)7-15-11/h4-5,7-8,10H,3,6H2,1-2H3,(H,15,16). The summed E-state index contributed by atoms with van der Waals surface area (Å²) in [4.78, 5) is 29.6. The molecule has 0 aromatic carbocycles. The van der Waals surface area contributed by atoms with Gasteiger partial charge in [-0.05, 0) is 41.4 Å². The third kappa shape index (κ3) is 2.94. The Labute approximate surface area is 120 Å². The summed E-state index contributed by atoms with van der Waals surface area (Å²) < 4.78 is 0.869. The SMILES string of the molecule is CCC(C)N1C(=O)CC(Nc2ccc(Br)cn2)C1=O. The molecule has 2 atom stereocenters. The summed E-state index contributed by atoms with van der Waals surface area (Å²) in [5, 5.41) is 3.01. The first kappa shape index (κ1) is 14.0. The van der Waals surface area contributed by atoms with Crippen LogP contribution in [0.15, 0.2) is 22.8 Å². The van der Waals surface area contributed by atoms with Gasteiger partial charge in [0.05, 0.1) is 6.42 Å². The molecule has 2 rings (SSSR count). The molecule has 0 saturated carbocycles. The van der Waals surface area contributed by atoms with Crippen LogP contribution in [0.4, 0.5) is 5.82 Å². The number of nitrogens with zero attached hydrogens (tertiary/aromatic N) is 2. The van der Waals surface area contributed by atoms with E-state index in [2.05, 4.69) is 26.2 Å². The Morgan fingerprint density at radius 3 is 2.84 bits per heavy atom. The highest BCUT2D eigenvalue weighted by Gasteiger charge is 2.40. The molecule has 0 radical (unpaired) electrons. The number of pyridine rings is 1. The third-order valence-corrected chi connectivity index (χ3v) is 3.73. The summed E-state index contributed by atoms with van der Waals surface area (Å²) in [6, 6.07) is 3.05.